The molecule has 0 spiro atoms. The molecule has 6 heteroatoms. The number of hydrogen-bond acceptors (Lipinski definition) is 2. The number of benzene rings is 1. The average Bonchev–Trinajstić information content (AvgIpc) is 3.31. The second-order valence-electron chi connectivity index (χ2n) is 11.6. The number of amides is 3. The minimum absolute atomic E-state index is 0.0282. The Hall–Kier alpha value is -2.76. The summed E-state index contributed by atoms with van der Waals surface area (Å²) in [5.41, 5.74) is 2.20. The second kappa shape index (κ2) is 9.03. The van der Waals surface area contributed by atoms with E-state index in [0.29, 0.717) is 13.1 Å². The fourth-order valence-corrected chi connectivity index (χ4v) is 7.98. The molecule has 5 aliphatic rings. The molecule has 1 atom stereocenters. The number of carbonyl (C=O) groups excluding carboxylic acids is 2. The number of carbonyl (C=O) groups is 2. The summed E-state index contributed by atoms with van der Waals surface area (Å²) in [6, 6.07) is 14.3. The number of hydrogen-bond donors (Lipinski definition) is 1. The van der Waals surface area contributed by atoms with Crippen LogP contribution in [0.3, 0.4) is 0 Å². The zero-order chi connectivity index (χ0) is 24.0. The van der Waals surface area contributed by atoms with Crippen molar-refractivity contribution >= 4 is 11.9 Å². The first kappa shape index (κ1) is 22.7. The van der Waals surface area contributed by atoms with Gasteiger partial charge in [-0.1, -0.05) is 37.3 Å². The molecule has 2 heterocycles. The maximum absolute atomic E-state index is 13.8. The average molecular weight is 475 g/mol. The summed E-state index contributed by atoms with van der Waals surface area (Å²) < 4.78 is 2.24. The van der Waals surface area contributed by atoms with Crippen LogP contribution in [0.2, 0.25) is 0 Å². The summed E-state index contributed by atoms with van der Waals surface area (Å²) in [4.78, 5) is 31.1. The van der Waals surface area contributed by atoms with Crippen molar-refractivity contribution in [3.8, 4) is 0 Å². The van der Waals surface area contributed by atoms with Crippen molar-refractivity contribution in [2.75, 3.05) is 19.6 Å². The van der Waals surface area contributed by atoms with Gasteiger partial charge < -0.3 is 19.7 Å². The van der Waals surface area contributed by atoms with Crippen molar-refractivity contribution in [2.45, 2.75) is 70.0 Å². The summed E-state index contributed by atoms with van der Waals surface area (Å²) in [6.45, 7) is 4.25. The van der Waals surface area contributed by atoms with Crippen LogP contribution in [-0.2, 0) is 11.3 Å². The molecule has 4 fully saturated rings. The summed E-state index contributed by atoms with van der Waals surface area (Å²) >= 11 is 0. The number of fused-ring (bicyclic) bond motifs is 1. The van der Waals surface area contributed by atoms with E-state index in [1.54, 1.807) is 4.90 Å². The molecule has 186 valence electrons. The van der Waals surface area contributed by atoms with Crippen molar-refractivity contribution in [1.29, 1.82) is 0 Å². The third-order valence-corrected chi connectivity index (χ3v) is 8.99. The third kappa shape index (κ3) is 4.25. The zero-order valence-corrected chi connectivity index (χ0v) is 20.9. The number of nitrogens with one attached hydrogen (secondary N) is 1. The van der Waals surface area contributed by atoms with Crippen LogP contribution in [0.15, 0.2) is 48.7 Å². The Bertz CT molecular complexity index is 1040. The minimum Gasteiger partial charge on any atom is -0.348 e. The Balaban J connectivity index is 1.19. The van der Waals surface area contributed by atoms with Gasteiger partial charge in [-0.2, -0.15) is 0 Å². The van der Waals surface area contributed by atoms with E-state index in [2.05, 4.69) is 47.3 Å². The lowest BCUT2D eigenvalue weighted by Crippen LogP contribution is -2.62. The molecule has 1 aliphatic heterocycles. The van der Waals surface area contributed by atoms with E-state index >= 15 is 0 Å². The molecule has 0 saturated heterocycles. The van der Waals surface area contributed by atoms with Crippen molar-refractivity contribution in [3.63, 3.8) is 0 Å². The molecule has 1 unspecified atom stereocenters. The Morgan fingerprint density at radius 2 is 1.66 bits per heavy atom. The van der Waals surface area contributed by atoms with Gasteiger partial charge in [0.25, 0.3) is 0 Å². The molecule has 2 aromatic rings. The molecule has 35 heavy (non-hydrogen) atoms. The first-order valence-corrected chi connectivity index (χ1v) is 13.6. The molecule has 1 aromatic carbocycles. The zero-order valence-electron chi connectivity index (χ0n) is 20.9. The summed E-state index contributed by atoms with van der Waals surface area (Å²) in [6.07, 6.45) is 10.4. The van der Waals surface area contributed by atoms with Gasteiger partial charge in [-0.25, -0.2) is 4.79 Å². The van der Waals surface area contributed by atoms with E-state index < -0.39 is 0 Å². The second-order valence-corrected chi connectivity index (χ2v) is 11.6. The molecule has 1 N–H and O–H groups in total. The molecule has 0 radical (unpaired) electrons. The Morgan fingerprint density at radius 1 is 0.971 bits per heavy atom. The number of aromatic nitrogens is 1. The monoisotopic (exact) mass is 474 g/mol. The Labute approximate surface area is 208 Å². The van der Waals surface area contributed by atoms with Gasteiger partial charge >= 0.3 is 6.03 Å². The van der Waals surface area contributed by atoms with Crippen LogP contribution in [0.25, 0.3) is 0 Å². The van der Waals surface area contributed by atoms with Crippen LogP contribution in [0, 0.1) is 17.8 Å². The van der Waals surface area contributed by atoms with Gasteiger partial charge in [-0.15, -0.1) is 0 Å². The topological polar surface area (TPSA) is 57.6 Å². The first-order valence-electron chi connectivity index (χ1n) is 13.6. The smallest absolute Gasteiger partial charge is 0.318 e. The quantitative estimate of drug-likeness (QED) is 0.653. The number of rotatable bonds is 6. The maximum Gasteiger partial charge on any atom is 0.318 e. The normalized spacial score (nSPS) is 30.7. The summed E-state index contributed by atoms with van der Waals surface area (Å²) in [5, 5.41) is 3.48. The lowest BCUT2D eigenvalue weighted by atomic mass is 9.53. The van der Waals surface area contributed by atoms with Gasteiger partial charge in [0.05, 0.1) is 6.04 Å². The van der Waals surface area contributed by atoms with Gasteiger partial charge in [-0.3, -0.25) is 4.79 Å². The predicted molar refractivity (Wildman–Crippen MR) is 136 cm³/mol. The molecule has 4 aliphatic carbocycles. The Morgan fingerprint density at radius 3 is 2.31 bits per heavy atom. The van der Waals surface area contributed by atoms with Gasteiger partial charge in [0.1, 0.15) is 6.54 Å². The van der Waals surface area contributed by atoms with Gasteiger partial charge in [0.15, 0.2) is 0 Å². The summed E-state index contributed by atoms with van der Waals surface area (Å²) in [7, 11) is 0. The highest BCUT2D eigenvalue weighted by Crippen LogP contribution is 2.55. The SMILES string of the molecule is CCCN(CC(=O)N1CCn2cccc2C1c1ccccc1)C(=O)NC12CC3CC(CC(C3)C1)C2. The van der Waals surface area contributed by atoms with E-state index in [9.17, 15) is 9.59 Å². The maximum atomic E-state index is 13.8. The van der Waals surface area contributed by atoms with Crippen LogP contribution in [0.4, 0.5) is 4.79 Å². The molecular formula is C29H38N4O2. The van der Waals surface area contributed by atoms with E-state index in [0.717, 1.165) is 61.2 Å². The van der Waals surface area contributed by atoms with E-state index in [1.807, 2.05) is 23.1 Å². The van der Waals surface area contributed by atoms with Crippen LogP contribution < -0.4 is 5.32 Å². The van der Waals surface area contributed by atoms with E-state index in [1.165, 1.54) is 19.3 Å². The minimum atomic E-state index is -0.123. The fraction of sp³-hybridized carbons (Fsp3) is 0.586. The lowest BCUT2D eigenvalue weighted by Gasteiger charge is -2.57. The van der Waals surface area contributed by atoms with Crippen molar-refractivity contribution in [1.82, 2.24) is 19.7 Å². The van der Waals surface area contributed by atoms with Crippen LogP contribution in [-0.4, -0.2) is 51.5 Å². The fourth-order valence-electron chi connectivity index (χ4n) is 7.98. The highest BCUT2D eigenvalue weighted by molar-refractivity contribution is 5.85. The molecular weight excluding hydrogens is 436 g/mol. The molecule has 7 rings (SSSR count). The number of urea groups is 1. The molecule has 4 bridgehead atoms. The third-order valence-electron chi connectivity index (χ3n) is 8.99. The first-order chi connectivity index (χ1) is 17.0. The van der Waals surface area contributed by atoms with Gasteiger partial charge in [0.2, 0.25) is 5.91 Å². The Kier molecular flexibility index (Phi) is 5.85. The van der Waals surface area contributed by atoms with Gasteiger partial charge in [0, 0.05) is 37.1 Å². The van der Waals surface area contributed by atoms with Gasteiger partial charge in [-0.05, 0) is 80.4 Å². The van der Waals surface area contributed by atoms with Crippen molar-refractivity contribution < 1.29 is 9.59 Å². The van der Waals surface area contributed by atoms with Crippen molar-refractivity contribution in [3.05, 3.63) is 59.9 Å². The molecule has 4 saturated carbocycles. The highest BCUT2D eigenvalue weighted by atomic mass is 16.2. The largest absolute Gasteiger partial charge is 0.348 e. The lowest BCUT2D eigenvalue weighted by molar-refractivity contribution is -0.134. The van der Waals surface area contributed by atoms with Crippen LogP contribution in [0.1, 0.15) is 69.2 Å². The molecule has 6 nitrogen and oxygen atoms in total. The standard InChI is InChI=1S/C29H38N4O2/c1-2-10-32(28(35)30-29-17-21-14-22(18-29)16-23(15-21)19-29)20-26(34)33-13-12-31-11-6-9-25(31)27(33)24-7-4-3-5-8-24/h3-9,11,21-23,27H,2,10,12-20H2,1H3,(H,30,35). The van der Waals surface area contributed by atoms with Crippen LogP contribution in [0.5, 0.6) is 0 Å². The highest BCUT2D eigenvalue weighted by Gasteiger charge is 2.52. The van der Waals surface area contributed by atoms with E-state index in [4.69, 9.17) is 0 Å². The summed E-state index contributed by atoms with van der Waals surface area (Å²) in [5.74, 6) is 2.36. The predicted octanol–water partition coefficient (Wildman–Crippen LogP) is 4.81. The molecule has 3 amide bonds. The number of nitrogens with zero attached hydrogens (tertiary/aromatic N) is 3. The van der Waals surface area contributed by atoms with Crippen LogP contribution >= 0.6 is 0 Å². The molecule has 1 aromatic heterocycles. The van der Waals surface area contributed by atoms with Crippen molar-refractivity contribution in [2.24, 2.45) is 17.8 Å². The van der Waals surface area contributed by atoms with E-state index in [-0.39, 0.29) is 30.1 Å².